The van der Waals surface area contributed by atoms with Crippen molar-refractivity contribution in [2.45, 2.75) is 19.4 Å². The molecule has 2 rings (SSSR count). The van der Waals surface area contributed by atoms with Gasteiger partial charge in [0.2, 0.25) is 0 Å². The molecule has 4 heteroatoms. The van der Waals surface area contributed by atoms with Crippen molar-refractivity contribution in [3.8, 4) is 11.5 Å². The highest BCUT2D eigenvalue weighted by molar-refractivity contribution is 5.88. The molecule has 80 valence electrons. The number of hydrogen-bond acceptors (Lipinski definition) is 3. The minimum Gasteiger partial charge on any atom is -0.486 e. The summed E-state index contributed by atoms with van der Waals surface area (Å²) >= 11 is 0. The van der Waals surface area contributed by atoms with E-state index in [-0.39, 0.29) is 11.7 Å². The predicted molar refractivity (Wildman–Crippen MR) is 53.6 cm³/mol. The lowest BCUT2D eigenvalue weighted by Gasteiger charge is -2.25. The van der Waals surface area contributed by atoms with Crippen LogP contribution in [0, 0.1) is 0 Å². The van der Waals surface area contributed by atoms with Gasteiger partial charge in [-0.3, -0.25) is 0 Å². The molecular weight excluding hydrogens is 196 g/mol. The van der Waals surface area contributed by atoms with Gasteiger partial charge in [-0.25, -0.2) is 4.79 Å². The normalized spacial score (nSPS) is 18.6. The molecule has 0 saturated carbocycles. The highest BCUT2D eigenvalue weighted by Crippen LogP contribution is 2.33. The van der Waals surface area contributed by atoms with Gasteiger partial charge in [-0.05, 0) is 24.6 Å². The van der Waals surface area contributed by atoms with E-state index in [9.17, 15) is 4.79 Å². The van der Waals surface area contributed by atoms with Gasteiger partial charge < -0.3 is 14.6 Å². The topological polar surface area (TPSA) is 55.8 Å². The number of hydrogen-bond donors (Lipinski definition) is 1. The summed E-state index contributed by atoms with van der Waals surface area (Å²) in [5, 5.41) is 8.79. The van der Waals surface area contributed by atoms with Crippen LogP contribution in [0.15, 0.2) is 18.2 Å². The van der Waals surface area contributed by atoms with Crippen LogP contribution in [0.3, 0.4) is 0 Å². The number of benzene rings is 1. The Morgan fingerprint density at radius 3 is 3.00 bits per heavy atom. The average molecular weight is 208 g/mol. The first-order valence-electron chi connectivity index (χ1n) is 4.87. The van der Waals surface area contributed by atoms with Crippen LogP contribution in [-0.4, -0.2) is 23.8 Å². The van der Waals surface area contributed by atoms with E-state index in [1.165, 1.54) is 12.1 Å². The molecule has 15 heavy (non-hydrogen) atoms. The first-order chi connectivity index (χ1) is 7.20. The second-order valence-corrected chi connectivity index (χ2v) is 3.43. The SMILES string of the molecule is CCC1COc2cc(C(=O)O)ccc2O1. The molecule has 1 aromatic rings. The summed E-state index contributed by atoms with van der Waals surface area (Å²) in [4.78, 5) is 10.7. The van der Waals surface area contributed by atoms with Gasteiger partial charge in [-0.2, -0.15) is 0 Å². The van der Waals surface area contributed by atoms with E-state index in [1.54, 1.807) is 6.07 Å². The van der Waals surface area contributed by atoms with Crippen LogP contribution < -0.4 is 9.47 Å². The smallest absolute Gasteiger partial charge is 0.335 e. The molecule has 0 spiro atoms. The minimum absolute atomic E-state index is 0.0631. The Kier molecular flexibility index (Phi) is 2.49. The molecular formula is C11H12O4. The number of rotatable bonds is 2. The summed E-state index contributed by atoms with van der Waals surface area (Å²) < 4.78 is 11.0. The van der Waals surface area contributed by atoms with Gasteiger partial charge in [-0.15, -0.1) is 0 Å². The maximum absolute atomic E-state index is 10.7. The van der Waals surface area contributed by atoms with Gasteiger partial charge in [0.25, 0.3) is 0 Å². The van der Waals surface area contributed by atoms with Crippen molar-refractivity contribution >= 4 is 5.97 Å². The zero-order valence-electron chi connectivity index (χ0n) is 8.40. The van der Waals surface area contributed by atoms with Crippen molar-refractivity contribution in [1.29, 1.82) is 0 Å². The van der Waals surface area contributed by atoms with E-state index < -0.39 is 5.97 Å². The van der Waals surface area contributed by atoms with Crippen molar-refractivity contribution < 1.29 is 19.4 Å². The molecule has 0 aromatic heterocycles. The second kappa shape index (κ2) is 3.81. The highest BCUT2D eigenvalue weighted by Gasteiger charge is 2.20. The molecule has 1 aliphatic rings. The molecule has 4 nitrogen and oxygen atoms in total. The first-order valence-corrected chi connectivity index (χ1v) is 4.87. The molecule has 0 aliphatic carbocycles. The van der Waals surface area contributed by atoms with Crippen LogP contribution in [0.4, 0.5) is 0 Å². The highest BCUT2D eigenvalue weighted by atomic mass is 16.6. The molecule has 1 aromatic carbocycles. The van der Waals surface area contributed by atoms with Crippen molar-refractivity contribution in [1.82, 2.24) is 0 Å². The monoisotopic (exact) mass is 208 g/mol. The zero-order valence-corrected chi connectivity index (χ0v) is 8.40. The van der Waals surface area contributed by atoms with Crippen molar-refractivity contribution in [2.75, 3.05) is 6.61 Å². The van der Waals surface area contributed by atoms with Crippen LogP contribution >= 0.6 is 0 Å². The Labute approximate surface area is 87.4 Å². The first kappa shape index (κ1) is 9.83. The fourth-order valence-electron chi connectivity index (χ4n) is 1.45. The summed E-state index contributed by atoms with van der Waals surface area (Å²) in [5.74, 6) is 0.178. The summed E-state index contributed by atoms with van der Waals surface area (Å²) in [7, 11) is 0. The minimum atomic E-state index is -0.959. The van der Waals surface area contributed by atoms with Gasteiger partial charge in [0, 0.05) is 0 Å². The van der Waals surface area contributed by atoms with E-state index in [1.807, 2.05) is 6.92 Å². The number of carbonyl (C=O) groups is 1. The Morgan fingerprint density at radius 2 is 2.33 bits per heavy atom. The van der Waals surface area contributed by atoms with Gasteiger partial charge in [0.1, 0.15) is 12.7 Å². The Balaban J connectivity index is 2.28. The molecule has 1 atom stereocenters. The van der Waals surface area contributed by atoms with Gasteiger partial charge in [-0.1, -0.05) is 6.92 Å². The molecule has 1 aliphatic heterocycles. The lowest BCUT2D eigenvalue weighted by molar-refractivity contribution is 0.0692. The fraction of sp³-hybridized carbons (Fsp3) is 0.364. The van der Waals surface area contributed by atoms with Gasteiger partial charge in [0.15, 0.2) is 11.5 Å². The number of carboxylic acids is 1. The predicted octanol–water partition coefficient (Wildman–Crippen LogP) is 1.93. The molecule has 0 amide bonds. The van der Waals surface area contributed by atoms with Crippen LogP contribution in [0.2, 0.25) is 0 Å². The standard InChI is InChI=1S/C11H12O4/c1-2-8-6-14-10-5-7(11(12)13)3-4-9(10)15-8/h3-5,8H,2,6H2,1H3,(H,12,13). The average Bonchev–Trinajstić information content (AvgIpc) is 2.27. The second-order valence-electron chi connectivity index (χ2n) is 3.43. The van der Waals surface area contributed by atoms with E-state index in [0.717, 1.165) is 6.42 Å². The molecule has 0 radical (unpaired) electrons. The van der Waals surface area contributed by atoms with E-state index in [0.29, 0.717) is 18.1 Å². The fourth-order valence-corrected chi connectivity index (χ4v) is 1.45. The number of fused-ring (bicyclic) bond motifs is 1. The van der Waals surface area contributed by atoms with Crippen molar-refractivity contribution in [2.24, 2.45) is 0 Å². The Hall–Kier alpha value is -1.71. The lowest BCUT2D eigenvalue weighted by atomic mass is 10.2. The summed E-state index contributed by atoms with van der Waals surface area (Å²) in [5.41, 5.74) is 0.215. The maximum atomic E-state index is 10.7. The molecule has 1 unspecified atom stereocenters. The summed E-state index contributed by atoms with van der Waals surface area (Å²) in [6.07, 6.45) is 0.938. The third-order valence-electron chi connectivity index (χ3n) is 2.36. The van der Waals surface area contributed by atoms with Crippen LogP contribution in [-0.2, 0) is 0 Å². The molecule has 0 saturated heterocycles. The summed E-state index contributed by atoms with van der Waals surface area (Å²) in [6.45, 7) is 2.50. The van der Waals surface area contributed by atoms with Crippen LogP contribution in [0.5, 0.6) is 11.5 Å². The third-order valence-corrected chi connectivity index (χ3v) is 2.36. The molecule has 1 N–H and O–H groups in total. The van der Waals surface area contributed by atoms with Crippen molar-refractivity contribution in [3.05, 3.63) is 23.8 Å². The van der Waals surface area contributed by atoms with Gasteiger partial charge in [0.05, 0.1) is 5.56 Å². The summed E-state index contributed by atoms with van der Waals surface area (Å²) in [6, 6.07) is 4.65. The van der Waals surface area contributed by atoms with Crippen molar-refractivity contribution in [3.63, 3.8) is 0 Å². The van der Waals surface area contributed by atoms with Gasteiger partial charge >= 0.3 is 5.97 Å². The number of aromatic carboxylic acids is 1. The lowest BCUT2D eigenvalue weighted by Crippen LogP contribution is -2.28. The Bertz CT molecular complexity index is 386. The van der Waals surface area contributed by atoms with Crippen LogP contribution in [0.1, 0.15) is 23.7 Å². The van der Waals surface area contributed by atoms with E-state index >= 15 is 0 Å². The molecule has 0 fully saturated rings. The molecule has 0 bridgehead atoms. The number of ether oxygens (including phenoxy) is 2. The maximum Gasteiger partial charge on any atom is 0.335 e. The largest absolute Gasteiger partial charge is 0.486 e. The number of carboxylic acid groups (broad SMARTS) is 1. The van der Waals surface area contributed by atoms with E-state index in [2.05, 4.69) is 0 Å². The zero-order chi connectivity index (χ0) is 10.8. The Morgan fingerprint density at radius 1 is 1.53 bits per heavy atom. The quantitative estimate of drug-likeness (QED) is 0.806. The van der Waals surface area contributed by atoms with Crippen LogP contribution in [0.25, 0.3) is 0 Å². The molecule has 1 heterocycles. The third kappa shape index (κ3) is 1.88. The van der Waals surface area contributed by atoms with E-state index in [4.69, 9.17) is 14.6 Å².